The molecule has 1 N–H and O–H groups in total. The minimum absolute atomic E-state index is 0.0851. The Kier molecular flexibility index (Phi) is 14.4. The molecule has 0 bridgehead atoms. The van der Waals surface area contributed by atoms with Crippen LogP contribution in [0.1, 0.15) is 43.0 Å². The van der Waals surface area contributed by atoms with E-state index in [4.69, 9.17) is 33.2 Å². The molecule has 0 saturated carbocycles. The van der Waals surface area contributed by atoms with Crippen molar-refractivity contribution in [1.29, 1.82) is 0 Å². The highest BCUT2D eigenvalue weighted by atomic mass is 16.6. The Balaban J connectivity index is 1.54. The second kappa shape index (κ2) is 19.3. The highest BCUT2D eigenvalue weighted by Crippen LogP contribution is 2.33. The zero-order valence-corrected chi connectivity index (χ0v) is 30.2. The fourth-order valence-electron chi connectivity index (χ4n) is 5.93. The maximum Gasteiger partial charge on any atom is 0.408 e. The minimum Gasteiger partial charge on any atom is -0.467 e. The molecule has 52 heavy (non-hydrogen) atoms. The van der Waals surface area contributed by atoms with E-state index in [1.165, 1.54) is 7.11 Å². The first-order valence-electron chi connectivity index (χ1n) is 17.5. The fourth-order valence-corrected chi connectivity index (χ4v) is 5.93. The van der Waals surface area contributed by atoms with Gasteiger partial charge in [-0.3, -0.25) is 0 Å². The van der Waals surface area contributed by atoms with Crippen LogP contribution in [0.4, 0.5) is 4.79 Å². The Labute approximate surface area is 306 Å². The van der Waals surface area contributed by atoms with E-state index in [1.54, 1.807) is 20.8 Å². The van der Waals surface area contributed by atoms with Crippen LogP contribution in [0.15, 0.2) is 121 Å². The van der Waals surface area contributed by atoms with E-state index in [0.29, 0.717) is 6.61 Å². The normalized spacial score (nSPS) is 20.8. The molecule has 5 rings (SSSR count). The van der Waals surface area contributed by atoms with Gasteiger partial charge in [-0.15, -0.1) is 0 Å². The van der Waals surface area contributed by atoms with Crippen LogP contribution in [0, 0.1) is 0 Å². The van der Waals surface area contributed by atoms with Crippen molar-refractivity contribution in [2.24, 2.45) is 0 Å². The van der Waals surface area contributed by atoms with Crippen molar-refractivity contribution in [3.05, 3.63) is 144 Å². The van der Waals surface area contributed by atoms with E-state index in [0.717, 1.165) is 22.3 Å². The van der Waals surface area contributed by atoms with Crippen molar-refractivity contribution >= 4 is 12.1 Å². The third kappa shape index (κ3) is 11.7. The number of hydrogen-bond donors (Lipinski definition) is 1. The topological polar surface area (TPSA) is 111 Å². The molecular weight excluding hydrogens is 662 g/mol. The van der Waals surface area contributed by atoms with Crippen molar-refractivity contribution in [2.75, 3.05) is 13.7 Å². The molecule has 1 aliphatic rings. The van der Waals surface area contributed by atoms with Gasteiger partial charge in [0.25, 0.3) is 0 Å². The second-order valence-electron chi connectivity index (χ2n) is 13.6. The molecule has 0 spiro atoms. The monoisotopic (exact) mass is 711 g/mol. The number of carbonyl (C=O) groups excluding carboxylic acids is 2. The van der Waals surface area contributed by atoms with Crippen LogP contribution in [-0.4, -0.2) is 67.9 Å². The molecule has 0 unspecified atom stereocenters. The second-order valence-corrected chi connectivity index (χ2v) is 13.6. The van der Waals surface area contributed by atoms with Crippen molar-refractivity contribution in [3.8, 4) is 0 Å². The molecule has 0 aromatic heterocycles. The predicted molar refractivity (Wildman–Crippen MR) is 195 cm³/mol. The molecular formula is C42H49NO9. The summed E-state index contributed by atoms with van der Waals surface area (Å²) in [4.78, 5) is 26.8. The van der Waals surface area contributed by atoms with Crippen molar-refractivity contribution < 1.29 is 42.7 Å². The highest BCUT2D eigenvalue weighted by molar-refractivity contribution is 5.82. The van der Waals surface area contributed by atoms with E-state index >= 15 is 0 Å². The lowest BCUT2D eigenvalue weighted by Crippen LogP contribution is -2.67. The van der Waals surface area contributed by atoms with Crippen LogP contribution in [0.3, 0.4) is 0 Å². The highest BCUT2D eigenvalue weighted by Gasteiger charge is 2.53. The number of amides is 1. The molecule has 10 nitrogen and oxygen atoms in total. The van der Waals surface area contributed by atoms with Crippen LogP contribution < -0.4 is 5.32 Å². The molecule has 4 aromatic carbocycles. The number of alkyl carbamates (subject to hydrolysis) is 1. The van der Waals surface area contributed by atoms with Crippen molar-refractivity contribution in [2.45, 2.75) is 89.4 Å². The number of ether oxygens (including phenoxy) is 7. The van der Waals surface area contributed by atoms with E-state index in [2.05, 4.69) is 5.32 Å². The molecule has 1 fully saturated rings. The molecule has 6 atom stereocenters. The molecule has 0 radical (unpaired) electrons. The number of nitrogens with one attached hydrogen (secondary N) is 1. The summed E-state index contributed by atoms with van der Waals surface area (Å²) in [6, 6.07) is 37.7. The average Bonchev–Trinajstić information content (AvgIpc) is 3.15. The summed E-state index contributed by atoms with van der Waals surface area (Å²) in [6.45, 7) is 6.26. The number of methoxy groups -OCH3 is 1. The molecule has 276 valence electrons. The smallest absolute Gasteiger partial charge is 0.408 e. The Morgan fingerprint density at radius 3 is 1.50 bits per heavy atom. The van der Waals surface area contributed by atoms with Gasteiger partial charge in [-0.1, -0.05) is 121 Å². The van der Waals surface area contributed by atoms with Gasteiger partial charge < -0.3 is 38.5 Å². The number of benzene rings is 4. The van der Waals surface area contributed by atoms with Gasteiger partial charge in [0.15, 0.2) is 6.04 Å². The Morgan fingerprint density at radius 1 is 0.635 bits per heavy atom. The first-order valence-corrected chi connectivity index (χ1v) is 17.5. The standard InChI is InChI=1S/C42H49NO9/c1-42(2,3)52-41(45)43-35(40(44)46-4)37-39(50-28-33-23-15-8-16-24-33)38(49-27-32-21-13-7-14-22-32)36(48-26-31-19-11-6-12-20-31)34(51-37)29-47-25-30-17-9-5-10-18-30/h5-24,34-39H,25-29H2,1-4H3,(H,43,45)/t34-,35-,36-,37+,38+,39-/m1/s1. The largest absolute Gasteiger partial charge is 0.467 e. The first kappa shape index (κ1) is 38.6. The van der Waals surface area contributed by atoms with Gasteiger partial charge in [-0.2, -0.15) is 0 Å². The van der Waals surface area contributed by atoms with E-state index in [1.807, 2.05) is 121 Å². The molecule has 1 aliphatic heterocycles. The first-order chi connectivity index (χ1) is 25.2. The van der Waals surface area contributed by atoms with E-state index < -0.39 is 54.2 Å². The summed E-state index contributed by atoms with van der Waals surface area (Å²) in [5.74, 6) is -0.737. The van der Waals surface area contributed by atoms with Gasteiger partial charge in [-0.05, 0) is 43.0 Å². The lowest BCUT2D eigenvalue weighted by molar-refractivity contribution is -0.276. The lowest BCUT2D eigenvalue weighted by atomic mass is 9.90. The Hall–Kier alpha value is -4.58. The van der Waals surface area contributed by atoms with Gasteiger partial charge in [0.1, 0.15) is 36.1 Å². The third-order valence-corrected chi connectivity index (χ3v) is 8.38. The number of rotatable bonds is 16. The number of esters is 1. The van der Waals surface area contributed by atoms with Gasteiger partial charge in [-0.25, -0.2) is 9.59 Å². The van der Waals surface area contributed by atoms with Crippen LogP contribution in [0.25, 0.3) is 0 Å². The maximum atomic E-state index is 13.6. The SMILES string of the molecule is COC(=O)[C@H](NC(=O)OC(C)(C)C)[C@@H]1O[C@H](COCc2ccccc2)[C@@H](OCc2ccccc2)[C@H](OCc2ccccc2)[C@@H]1OCc1ccccc1. The van der Waals surface area contributed by atoms with E-state index in [9.17, 15) is 9.59 Å². The molecule has 1 heterocycles. The number of carbonyl (C=O) groups is 2. The van der Waals surface area contributed by atoms with Crippen molar-refractivity contribution in [1.82, 2.24) is 5.32 Å². The lowest BCUT2D eigenvalue weighted by Gasteiger charge is -2.47. The summed E-state index contributed by atoms with van der Waals surface area (Å²) < 4.78 is 44.0. The van der Waals surface area contributed by atoms with Crippen LogP contribution in [0.5, 0.6) is 0 Å². The molecule has 0 aliphatic carbocycles. The predicted octanol–water partition coefficient (Wildman–Crippen LogP) is 6.79. The molecule has 1 saturated heterocycles. The molecule has 4 aromatic rings. The third-order valence-electron chi connectivity index (χ3n) is 8.38. The summed E-state index contributed by atoms with van der Waals surface area (Å²) in [5.41, 5.74) is 2.94. The maximum absolute atomic E-state index is 13.6. The Morgan fingerprint density at radius 2 is 1.06 bits per heavy atom. The summed E-state index contributed by atoms with van der Waals surface area (Å²) >= 11 is 0. The molecule has 1 amide bonds. The van der Waals surface area contributed by atoms with Gasteiger partial charge in [0.2, 0.25) is 0 Å². The van der Waals surface area contributed by atoms with Gasteiger partial charge >= 0.3 is 12.1 Å². The summed E-state index contributed by atoms with van der Waals surface area (Å²) in [5, 5.41) is 2.71. The minimum atomic E-state index is -1.34. The quantitative estimate of drug-likeness (QED) is 0.126. The number of hydrogen-bond acceptors (Lipinski definition) is 9. The summed E-state index contributed by atoms with van der Waals surface area (Å²) in [6.07, 6.45) is -5.14. The molecule has 10 heteroatoms. The zero-order valence-electron chi connectivity index (χ0n) is 30.2. The Bertz CT molecular complexity index is 1630. The van der Waals surface area contributed by atoms with Crippen LogP contribution in [-0.2, 0) is 64.4 Å². The van der Waals surface area contributed by atoms with Crippen molar-refractivity contribution in [3.63, 3.8) is 0 Å². The van der Waals surface area contributed by atoms with Crippen LogP contribution in [0.2, 0.25) is 0 Å². The van der Waals surface area contributed by atoms with Gasteiger partial charge in [0.05, 0.1) is 40.1 Å². The summed E-state index contributed by atoms with van der Waals surface area (Å²) in [7, 11) is 1.25. The zero-order chi connectivity index (χ0) is 36.8. The van der Waals surface area contributed by atoms with Gasteiger partial charge in [0, 0.05) is 0 Å². The fraction of sp³-hybridized carbons (Fsp3) is 0.381. The van der Waals surface area contributed by atoms with E-state index in [-0.39, 0.29) is 26.4 Å². The van der Waals surface area contributed by atoms with Crippen LogP contribution >= 0.6 is 0 Å². The average molecular weight is 712 g/mol.